The average Bonchev–Trinajstić information content (AvgIpc) is 2.45. The van der Waals surface area contributed by atoms with Crippen LogP contribution in [-0.2, 0) is 0 Å². The van der Waals surface area contributed by atoms with Crippen LogP contribution in [0.2, 0.25) is 0 Å². The molecule has 0 bridgehead atoms. The summed E-state index contributed by atoms with van der Waals surface area (Å²) in [6, 6.07) is 11.6. The Labute approximate surface area is 117 Å². The van der Waals surface area contributed by atoms with Gasteiger partial charge in [-0.2, -0.15) is 0 Å². The second-order valence-electron chi connectivity index (χ2n) is 4.26. The Morgan fingerprint density at radius 1 is 1.10 bits per heavy atom. The predicted octanol–water partition coefficient (Wildman–Crippen LogP) is 3.35. The minimum absolute atomic E-state index is 0.146. The molecule has 0 atom stereocenters. The van der Waals surface area contributed by atoms with Crippen LogP contribution in [0.25, 0.3) is 0 Å². The largest absolute Gasteiger partial charge is 0.508 e. The van der Waals surface area contributed by atoms with E-state index in [4.69, 9.17) is 4.74 Å². The molecule has 2 aromatic carbocycles. The number of anilines is 2. The van der Waals surface area contributed by atoms with Crippen molar-refractivity contribution in [3.05, 3.63) is 48.0 Å². The van der Waals surface area contributed by atoms with E-state index in [2.05, 4.69) is 10.6 Å². The molecule has 104 valence electrons. The minimum atomic E-state index is -0.371. The number of ether oxygens (including phenoxy) is 1. The monoisotopic (exact) mass is 272 g/mol. The Balaban J connectivity index is 2.03. The second kappa shape index (κ2) is 5.97. The van der Waals surface area contributed by atoms with Gasteiger partial charge < -0.3 is 20.5 Å². The van der Waals surface area contributed by atoms with E-state index in [0.717, 1.165) is 5.75 Å². The third kappa shape index (κ3) is 3.20. The summed E-state index contributed by atoms with van der Waals surface area (Å²) in [7, 11) is 1.58. The lowest BCUT2D eigenvalue weighted by molar-refractivity contribution is 0.262. The van der Waals surface area contributed by atoms with Crippen molar-refractivity contribution in [1.82, 2.24) is 0 Å². The van der Waals surface area contributed by atoms with E-state index in [0.29, 0.717) is 16.9 Å². The number of urea groups is 1. The molecule has 0 aromatic heterocycles. The number of hydrogen-bond donors (Lipinski definition) is 3. The Hall–Kier alpha value is -2.69. The molecule has 0 saturated heterocycles. The number of carbonyl (C=O) groups excluding carboxylic acids is 1. The van der Waals surface area contributed by atoms with E-state index >= 15 is 0 Å². The van der Waals surface area contributed by atoms with Gasteiger partial charge in [0.05, 0.1) is 7.11 Å². The summed E-state index contributed by atoms with van der Waals surface area (Å²) in [5, 5.41) is 15.0. The Morgan fingerprint density at radius 3 is 2.45 bits per heavy atom. The van der Waals surface area contributed by atoms with Crippen LogP contribution in [-0.4, -0.2) is 18.2 Å². The summed E-state index contributed by atoms with van der Waals surface area (Å²) >= 11 is 0. The van der Waals surface area contributed by atoms with Crippen LogP contribution in [0.15, 0.2) is 42.5 Å². The molecule has 0 unspecified atom stereocenters. The van der Waals surface area contributed by atoms with Crippen LogP contribution >= 0.6 is 0 Å². The first-order valence-corrected chi connectivity index (χ1v) is 6.11. The quantitative estimate of drug-likeness (QED) is 0.802. The standard InChI is InChI=1S/C15H16N2O3/c1-10-13(4-3-5-14(10)18)17-15(19)16-11-6-8-12(20-2)9-7-11/h3-9,18H,1-2H3,(H2,16,17,19). The molecule has 0 aliphatic rings. The van der Waals surface area contributed by atoms with E-state index in [9.17, 15) is 9.90 Å². The molecule has 20 heavy (non-hydrogen) atoms. The number of amides is 2. The fourth-order valence-corrected chi connectivity index (χ4v) is 1.72. The van der Waals surface area contributed by atoms with Crippen LogP contribution in [0, 0.1) is 6.92 Å². The molecule has 0 heterocycles. The summed E-state index contributed by atoms with van der Waals surface area (Å²) < 4.78 is 5.04. The van der Waals surface area contributed by atoms with Gasteiger partial charge >= 0.3 is 6.03 Å². The van der Waals surface area contributed by atoms with E-state index in [1.54, 1.807) is 56.5 Å². The maximum absolute atomic E-state index is 11.9. The van der Waals surface area contributed by atoms with Gasteiger partial charge in [-0.15, -0.1) is 0 Å². The number of hydrogen-bond acceptors (Lipinski definition) is 3. The summed E-state index contributed by atoms with van der Waals surface area (Å²) in [6.07, 6.45) is 0. The van der Waals surface area contributed by atoms with Crippen molar-refractivity contribution in [3.8, 4) is 11.5 Å². The van der Waals surface area contributed by atoms with Gasteiger partial charge in [0, 0.05) is 16.9 Å². The molecule has 0 aliphatic carbocycles. The van der Waals surface area contributed by atoms with Crippen molar-refractivity contribution in [3.63, 3.8) is 0 Å². The molecular weight excluding hydrogens is 256 g/mol. The normalized spacial score (nSPS) is 9.90. The highest BCUT2D eigenvalue weighted by Crippen LogP contribution is 2.24. The van der Waals surface area contributed by atoms with Gasteiger partial charge in [-0.25, -0.2) is 4.79 Å². The fourth-order valence-electron chi connectivity index (χ4n) is 1.72. The van der Waals surface area contributed by atoms with Crippen LogP contribution in [0.3, 0.4) is 0 Å². The molecule has 2 rings (SSSR count). The molecule has 5 heteroatoms. The molecule has 5 nitrogen and oxygen atoms in total. The first kappa shape index (κ1) is 13.7. The summed E-state index contributed by atoms with van der Waals surface area (Å²) in [5.41, 5.74) is 1.84. The zero-order valence-corrected chi connectivity index (χ0v) is 11.3. The smallest absolute Gasteiger partial charge is 0.323 e. The lowest BCUT2D eigenvalue weighted by atomic mass is 10.2. The highest BCUT2D eigenvalue weighted by atomic mass is 16.5. The number of aromatic hydroxyl groups is 1. The number of phenolic OH excluding ortho intramolecular Hbond substituents is 1. The summed E-state index contributed by atoms with van der Waals surface area (Å²) in [5.74, 6) is 0.868. The third-order valence-electron chi connectivity index (χ3n) is 2.90. The number of rotatable bonds is 3. The molecule has 0 saturated carbocycles. The summed E-state index contributed by atoms with van der Waals surface area (Å²) in [4.78, 5) is 11.9. The lowest BCUT2D eigenvalue weighted by Gasteiger charge is -2.11. The van der Waals surface area contributed by atoms with Crippen molar-refractivity contribution in [2.75, 3.05) is 17.7 Å². The van der Waals surface area contributed by atoms with Crippen molar-refractivity contribution >= 4 is 17.4 Å². The number of carbonyl (C=O) groups is 1. The molecular formula is C15H16N2O3. The summed E-state index contributed by atoms with van der Waals surface area (Å²) in [6.45, 7) is 1.73. The van der Waals surface area contributed by atoms with Crippen LogP contribution in [0.5, 0.6) is 11.5 Å². The van der Waals surface area contributed by atoms with Crippen molar-refractivity contribution in [2.45, 2.75) is 6.92 Å². The molecule has 2 amide bonds. The molecule has 2 aromatic rings. The van der Waals surface area contributed by atoms with Gasteiger partial charge in [-0.05, 0) is 43.3 Å². The van der Waals surface area contributed by atoms with Crippen LogP contribution in [0.4, 0.5) is 16.2 Å². The van der Waals surface area contributed by atoms with Crippen molar-refractivity contribution in [2.24, 2.45) is 0 Å². The molecule has 0 radical (unpaired) electrons. The van der Waals surface area contributed by atoms with Crippen LogP contribution in [0.1, 0.15) is 5.56 Å². The highest BCUT2D eigenvalue weighted by molar-refractivity contribution is 6.00. The van der Waals surface area contributed by atoms with E-state index < -0.39 is 0 Å². The fraction of sp³-hybridized carbons (Fsp3) is 0.133. The Bertz CT molecular complexity index is 609. The lowest BCUT2D eigenvalue weighted by Crippen LogP contribution is -2.19. The Morgan fingerprint density at radius 2 is 1.80 bits per heavy atom. The average molecular weight is 272 g/mol. The van der Waals surface area contributed by atoms with Gasteiger partial charge in [-0.3, -0.25) is 0 Å². The van der Waals surface area contributed by atoms with Crippen LogP contribution < -0.4 is 15.4 Å². The van der Waals surface area contributed by atoms with Crippen molar-refractivity contribution < 1.29 is 14.6 Å². The molecule has 3 N–H and O–H groups in total. The number of methoxy groups -OCH3 is 1. The predicted molar refractivity (Wildman–Crippen MR) is 78.5 cm³/mol. The second-order valence-corrected chi connectivity index (χ2v) is 4.26. The van der Waals surface area contributed by atoms with E-state index in [1.807, 2.05) is 0 Å². The zero-order valence-electron chi connectivity index (χ0n) is 11.3. The maximum Gasteiger partial charge on any atom is 0.323 e. The van der Waals surface area contributed by atoms with Gasteiger partial charge in [0.1, 0.15) is 11.5 Å². The Kier molecular flexibility index (Phi) is 4.10. The maximum atomic E-state index is 11.9. The van der Waals surface area contributed by atoms with Gasteiger partial charge in [-0.1, -0.05) is 6.07 Å². The minimum Gasteiger partial charge on any atom is -0.508 e. The van der Waals surface area contributed by atoms with Gasteiger partial charge in [0.15, 0.2) is 0 Å². The number of nitrogens with one attached hydrogen (secondary N) is 2. The number of benzene rings is 2. The zero-order chi connectivity index (χ0) is 14.5. The first-order chi connectivity index (χ1) is 9.60. The molecule has 0 aliphatic heterocycles. The van der Waals surface area contributed by atoms with E-state index in [-0.39, 0.29) is 11.8 Å². The molecule has 0 fully saturated rings. The van der Waals surface area contributed by atoms with Crippen molar-refractivity contribution in [1.29, 1.82) is 0 Å². The van der Waals surface area contributed by atoms with Gasteiger partial charge in [0.2, 0.25) is 0 Å². The van der Waals surface area contributed by atoms with Gasteiger partial charge in [0.25, 0.3) is 0 Å². The SMILES string of the molecule is COc1ccc(NC(=O)Nc2cccc(O)c2C)cc1. The topological polar surface area (TPSA) is 70.6 Å². The molecule has 0 spiro atoms. The van der Waals surface area contributed by atoms with E-state index in [1.165, 1.54) is 0 Å². The first-order valence-electron chi connectivity index (χ1n) is 6.11. The third-order valence-corrected chi connectivity index (χ3v) is 2.90. The highest BCUT2D eigenvalue weighted by Gasteiger charge is 2.07. The number of phenols is 1.